The second kappa shape index (κ2) is 6.76. The van der Waals surface area contributed by atoms with Crippen molar-refractivity contribution >= 4 is 11.0 Å². The number of nitrogens with zero attached hydrogens (tertiary/aromatic N) is 1. The van der Waals surface area contributed by atoms with Gasteiger partial charge < -0.3 is 14.1 Å². The van der Waals surface area contributed by atoms with E-state index in [9.17, 15) is 4.79 Å². The van der Waals surface area contributed by atoms with Gasteiger partial charge in [0.15, 0.2) is 5.43 Å². The lowest BCUT2D eigenvalue weighted by Crippen LogP contribution is -2.20. The van der Waals surface area contributed by atoms with E-state index in [1.165, 1.54) is 38.3 Å². The van der Waals surface area contributed by atoms with Crippen LogP contribution in [0.3, 0.4) is 0 Å². The Hall–Kier alpha value is -1.81. The summed E-state index contributed by atoms with van der Waals surface area (Å²) in [6, 6.07) is 6.91. The van der Waals surface area contributed by atoms with Crippen LogP contribution in [0.5, 0.6) is 5.75 Å². The molecule has 0 aliphatic carbocycles. The summed E-state index contributed by atoms with van der Waals surface area (Å²) in [5.74, 6) is 0.628. The molecule has 1 aromatic carbocycles. The zero-order valence-corrected chi connectivity index (χ0v) is 12.2. The molecule has 1 aromatic heterocycles. The number of fused-ring (bicyclic) bond motifs is 1. The molecule has 2 heterocycles. The summed E-state index contributed by atoms with van der Waals surface area (Å²) in [6.45, 7) is 4.28. The smallest absolute Gasteiger partial charge is 0.196 e. The van der Waals surface area contributed by atoms with Crippen molar-refractivity contribution < 1.29 is 9.15 Å². The molecule has 21 heavy (non-hydrogen) atoms. The van der Waals surface area contributed by atoms with Crippen molar-refractivity contribution in [2.45, 2.75) is 25.7 Å². The lowest BCUT2D eigenvalue weighted by molar-refractivity contribution is 0.281. The average Bonchev–Trinajstić information content (AvgIpc) is 3.00. The molecule has 0 bridgehead atoms. The third-order valence-corrected chi connectivity index (χ3v) is 3.97. The standard InChI is InChI=1S/C17H21NO3/c19-14-8-13-21-16-7-5-6-15(17(14)16)20-12-4-3-11-18-9-1-2-10-18/h5-8,13H,1-4,9-12H2. The second-order valence-corrected chi connectivity index (χ2v) is 5.52. The Morgan fingerprint density at radius 2 is 2.00 bits per heavy atom. The molecule has 0 N–H and O–H groups in total. The Morgan fingerprint density at radius 1 is 1.14 bits per heavy atom. The van der Waals surface area contributed by atoms with Gasteiger partial charge in [0, 0.05) is 6.07 Å². The van der Waals surface area contributed by atoms with Crippen LogP contribution >= 0.6 is 0 Å². The summed E-state index contributed by atoms with van der Waals surface area (Å²) in [5.41, 5.74) is 0.529. The largest absolute Gasteiger partial charge is 0.493 e. The first-order valence-corrected chi connectivity index (χ1v) is 7.70. The summed E-state index contributed by atoms with van der Waals surface area (Å²) in [7, 11) is 0. The molecule has 1 aliphatic rings. The molecule has 112 valence electrons. The van der Waals surface area contributed by atoms with Gasteiger partial charge in [0.2, 0.25) is 0 Å². The van der Waals surface area contributed by atoms with E-state index in [2.05, 4.69) is 4.90 Å². The lowest BCUT2D eigenvalue weighted by Gasteiger charge is -2.14. The first-order valence-electron chi connectivity index (χ1n) is 7.70. The number of hydrogen-bond donors (Lipinski definition) is 0. The van der Waals surface area contributed by atoms with Crippen molar-refractivity contribution in [3.05, 3.63) is 40.8 Å². The third kappa shape index (κ3) is 3.45. The van der Waals surface area contributed by atoms with Gasteiger partial charge >= 0.3 is 0 Å². The predicted molar refractivity (Wildman–Crippen MR) is 82.9 cm³/mol. The Morgan fingerprint density at radius 3 is 2.86 bits per heavy atom. The van der Waals surface area contributed by atoms with Crippen LogP contribution in [0.15, 0.2) is 39.7 Å². The van der Waals surface area contributed by atoms with E-state index in [1.807, 2.05) is 12.1 Å². The number of unbranched alkanes of at least 4 members (excludes halogenated alkanes) is 1. The van der Waals surface area contributed by atoms with Crippen LogP contribution in [-0.4, -0.2) is 31.1 Å². The highest BCUT2D eigenvalue weighted by molar-refractivity contribution is 5.82. The molecule has 3 rings (SSSR count). The van der Waals surface area contributed by atoms with Gasteiger partial charge in [-0.1, -0.05) is 6.07 Å². The Kier molecular flexibility index (Phi) is 4.55. The van der Waals surface area contributed by atoms with E-state index in [0.29, 0.717) is 23.3 Å². The van der Waals surface area contributed by atoms with Gasteiger partial charge in [-0.25, -0.2) is 0 Å². The maximum Gasteiger partial charge on any atom is 0.196 e. The Balaban J connectivity index is 1.54. The highest BCUT2D eigenvalue weighted by Crippen LogP contribution is 2.22. The molecule has 1 saturated heterocycles. The summed E-state index contributed by atoms with van der Waals surface area (Å²) in [4.78, 5) is 14.4. The van der Waals surface area contributed by atoms with Crippen molar-refractivity contribution in [3.8, 4) is 5.75 Å². The maximum absolute atomic E-state index is 11.9. The third-order valence-electron chi connectivity index (χ3n) is 3.97. The van der Waals surface area contributed by atoms with E-state index >= 15 is 0 Å². The molecule has 0 spiro atoms. The van der Waals surface area contributed by atoms with Crippen molar-refractivity contribution in [1.82, 2.24) is 4.90 Å². The minimum absolute atomic E-state index is 0.0519. The van der Waals surface area contributed by atoms with Gasteiger partial charge in [-0.15, -0.1) is 0 Å². The van der Waals surface area contributed by atoms with Crippen molar-refractivity contribution in [2.75, 3.05) is 26.2 Å². The molecule has 0 saturated carbocycles. The highest BCUT2D eigenvalue weighted by Gasteiger charge is 2.10. The van der Waals surface area contributed by atoms with E-state index < -0.39 is 0 Å². The highest BCUT2D eigenvalue weighted by atomic mass is 16.5. The fraction of sp³-hybridized carbons (Fsp3) is 0.471. The van der Waals surface area contributed by atoms with Crippen molar-refractivity contribution in [3.63, 3.8) is 0 Å². The van der Waals surface area contributed by atoms with Gasteiger partial charge in [-0.2, -0.15) is 0 Å². The monoisotopic (exact) mass is 287 g/mol. The van der Waals surface area contributed by atoms with Crippen molar-refractivity contribution in [1.29, 1.82) is 0 Å². The summed E-state index contributed by atoms with van der Waals surface area (Å²) in [6.07, 6.45) is 6.24. The molecule has 1 aliphatic heterocycles. The molecule has 0 amide bonds. The van der Waals surface area contributed by atoms with E-state index in [0.717, 1.165) is 19.4 Å². The van der Waals surface area contributed by atoms with E-state index in [-0.39, 0.29) is 5.43 Å². The molecule has 2 aromatic rings. The number of ether oxygens (including phenoxy) is 1. The molecular weight excluding hydrogens is 266 g/mol. The van der Waals surface area contributed by atoms with Gasteiger partial charge in [-0.05, 0) is 57.5 Å². The minimum atomic E-state index is -0.0519. The fourth-order valence-corrected chi connectivity index (χ4v) is 2.85. The van der Waals surface area contributed by atoms with Gasteiger partial charge in [0.1, 0.15) is 16.7 Å². The van der Waals surface area contributed by atoms with Crippen LogP contribution in [0.4, 0.5) is 0 Å². The fourth-order valence-electron chi connectivity index (χ4n) is 2.85. The normalized spacial score (nSPS) is 15.6. The maximum atomic E-state index is 11.9. The minimum Gasteiger partial charge on any atom is -0.493 e. The molecule has 0 radical (unpaired) electrons. The average molecular weight is 287 g/mol. The van der Waals surface area contributed by atoms with Crippen molar-refractivity contribution in [2.24, 2.45) is 0 Å². The Bertz CT molecular complexity index is 639. The molecule has 0 atom stereocenters. The summed E-state index contributed by atoms with van der Waals surface area (Å²) in [5, 5.41) is 0.541. The first kappa shape index (κ1) is 14.1. The van der Waals surface area contributed by atoms with Gasteiger partial charge in [-0.3, -0.25) is 4.79 Å². The van der Waals surface area contributed by atoms with Gasteiger partial charge in [0.05, 0.1) is 12.9 Å². The van der Waals surface area contributed by atoms with Crippen LogP contribution in [0.1, 0.15) is 25.7 Å². The Labute approximate surface area is 124 Å². The first-order chi connectivity index (χ1) is 10.3. The van der Waals surface area contributed by atoms with Gasteiger partial charge in [0.25, 0.3) is 0 Å². The van der Waals surface area contributed by atoms with Crippen LogP contribution in [0, 0.1) is 0 Å². The predicted octanol–water partition coefficient (Wildman–Crippen LogP) is 3.05. The van der Waals surface area contributed by atoms with Crippen LogP contribution < -0.4 is 10.2 Å². The zero-order chi connectivity index (χ0) is 14.5. The van der Waals surface area contributed by atoms with Crippen LogP contribution in [-0.2, 0) is 0 Å². The quantitative estimate of drug-likeness (QED) is 0.766. The summed E-state index contributed by atoms with van der Waals surface area (Å²) < 4.78 is 11.1. The molecular formula is C17H21NO3. The number of hydrogen-bond acceptors (Lipinski definition) is 4. The number of likely N-dealkylation sites (tertiary alicyclic amines) is 1. The number of rotatable bonds is 6. The topological polar surface area (TPSA) is 42.7 Å². The van der Waals surface area contributed by atoms with E-state index in [4.69, 9.17) is 9.15 Å². The summed E-state index contributed by atoms with van der Waals surface area (Å²) >= 11 is 0. The van der Waals surface area contributed by atoms with E-state index in [1.54, 1.807) is 6.07 Å². The number of benzene rings is 1. The lowest BCUT2D eigenvalue weighted by atomic mass is 10.2. The van der Waals surface area contributed by atoms with Crippen LogP contribution in [0.25, 0.3) is 11.0 Å². The molecule has 0 unspecified atom stereocenters. The molecule has 1 fully saturated rings. The molecule has 4 heteroatoms. The van der Waals surface area contributed by atoms with Crippen LogP contribution in [0.2, 0.25) is 0 Å². The SMILES string of the molecule is O=c1ccoc2cccc(OCCCCN3CCCC3)c12. The second-order valence-electron chi connectivity index (χ2n) is 5.52. The molecule has 4 nitrogen and oxygen atoms in total. The zero-order valence-electron chi connectivity index (χ0n) is 12.2.